The third kappa shape index (κ3) is 7.21. The number of hydrogen-bond acceptors (Lipinski definition) is 5. The highest BCUT2D eigenvalue weighted by Gasteiger charge is 2.12. The molecule has 2 rings (SSSR count). The molecule has 0 saturated carbocycles. The lowest BCUT2D eigenvalue weighted by Gasteiger charge is -2.11. The van der Waals surface area contributed by atoms with Gasteiger partial charge in [0.05, 0.1) is 4.92 Å². The maximum Gasteiger partial charge on any atom is 0.387 e. The molecule has 2 aromatic carbocycles. The van der Waals surface area contributed by atoms with Gasteiger partial charge in [0.2, 0.25) is 0 Å². The Hall–Kier alpha value is -3.49. The zero-order valence-electron chi connectivity index (χ0n) is 15.5. The first-order chi connectivity index (χ1) is 13.9. The van der Waals surface area contributed by atoms with E-state index in [1.165, 1.54) is 30.3 Å². The van der Waals surface area contributed by atoms with Crippen molar-refractivity contribution in [2.75, 3.05) is 13.2 Å². The monoisotopic (exact) mass is 406 g/mol. The van der Waals surface area contributed by atoms with Crippen LogP contribution in [0.4, 0.5) is 14.5 Å². The average Bonchev–Trinajstić information content (AvgIpc) is 2.68. The Morgan fingerprint density at radius 3 is 2.59 bits per heavy atom. The van der Waals surface area contributed by atoms with Crippen LogP contribution in [0.1, 0.15) is 11.1 Å². The molecule has 0 aliphatic heterocycles. The number of carbonyl (C=O) groups excluding carboxylic acids is 1. The number of ether oxygens (including phenoxy) is 2. The number of nitro benzene ring substituents is 1. The molecule has 0 saturated heterocycles. The van der Waals surface area contributed by atoms with Gasteiger partial charge in [0.15, 0.2) is 6.61 Å². The van der Waals surface area contributed by atoms with E-state index in [2.05, 4.69) is 16.6 Å². The highest BCUT2D eigenvalue weighted by atomic mass is 19.3. The van der Waals surface area contributed by atoms with E-state index in [0.29, 0.717) is 30.7 Å². The molecule has 0 heterocycles. The van der Waals surface area contributed by atoms with Gasteiger partial charge in [-0.1, -0.05) is 18.2 Å². The summed E-state index contributed by atoms with van der Waals surface area (Å²) in [5, 5.41) is 13.6. The topological polar surface area (TPSA) is 90.7 Å². The number of amides is 1. The van der Waals surface area contributed by atoms with Crippen molar-refractivity contribution in [3.05, 3.63) is 76.4 Å². The van der Waals surface area contributed by atoms with Crippen LogP contribution in [0.5, 0.6) is 11.5 Å². The maximum absolute atomic E-state index is 12.1. The second-order valence-electron chi connectivity index (χ2n) is 5.95. The molecule has 2 aromatic rings. The highest BCUT2D eigenvalue weighted by molar-refractivity contribution is 5.77. The second kappa shape index (κ2) is 10.7. The molecule has 1 amide bonds. The quantitative estimate of drug-likeness (QED) is 0.349. The van der Waals surface area contributed by atoms with Crippen LogP contribution >= 0.6 is 0 Å². The smallest absolute Gasteiger partial charge is 0.387 e. The van der Waals surface area contributed by atoms with Crippen molar-refractivity contribution < 1.29 is 28.0 Å². The van der Waals surface area contributed by atoms with Crippen LogP contribution in [0.15, 0.2) is 55.1 Å². The second-order valence-corrected chi connectivity index (χ2v) is 5.95. The summed E-state index contributed by atoms with van der Waals surface area (Å²) in [4.78, 5) is 22.3. The molecule has 0 aliphatic rings. The molecule has 0 bridgehead atoms. The number of nitrogens with one attached hydrogen (secondary N) is 1. The van der Waals surface area contributed by atoms with Crippen LogP contribution in [0.3, 0.4) is 0 Å². The molecule has 9 heteroatoms. The van der Waals surface area contributed by atoms with E-state index in [-0.39, 0.29) is 24.0 Å². The molecule has 0 radical (unpaired) electrons. The SMILES string of the molecule is C=CCc1cc([N+](=O)[O-])ccc1OCC(=O)NCCc1ccc(OC(F)F)cc1. The highest BCUT2D eigenvalue weighted by Crippen LogP contribution is 2.25. The van der Waals surface area contributed by atoms with Gasteiger partial charge in [0.25, 0.3) is 11.6 Å². The Morgan fingerprint density at radius 1 is 1.24 bits per heavy atom. The number of halogens is 2. The van der Waals surface area contributed by atoms with Crippen molar-refractivity contribution in [2.45, 2.75) is 19.5 Å². The molecular formula is C20H20F2N2O5. The minimum Gasteiger partial charge on any atom is -0.483 e. The lowest BCUT2D eigenvalue weighted by atomic mass is 10.1. The summed E-state index contributed by atoms with van der Waals surface area (Å²) in [6.07, 6.45) is 2.45. The largest absolute Gasteiger partial charge is 0.483 e. The van der Waals surface area contributed by atoms with Gasteiger partial charge >= 0.3 is 6.61 Å². The van der Waals surface area contributed by atoms with E-state index in [0.717, 1.165) is 5.56 Å². The molecule has 29 heavy (non-hydrogen) atoms. The van der Waals surface area contributed by atoms with Crippen LogP contribution in [0, 0.1) is 10.1 Å². The minimum absolute atomic E-state index is 0.0661. The van der Waals surface area contributed by atoms with Gasteiger partial charge in [-0.05, 0) is 36.6 Å². The maximum atomic E-state index is 12.1. The van der Waals surface area contributed by atoms with Gasteiger partial charge in [-0.2, -0.15) is 8.78 Å². The third-order valence-electron chi connectivity index (χ3n) is 3.86. The Bertz CT molecular complexity index is 856. The summed E-state index contributed by atoms with van der Waals surface area (Å²) in [7, 11) is 0. The van der Waals surface area contributed by atoms with Gasteiger partial charge in [-0.15, -0.1) is 6.58 Å². The van der Waals surface area contributed by atoms with E-state index < -0.39 is 11.5 Å². The molecule has 0 spiro atoms. The normalized spacial score (nSPS) is 10.4. The summed E-state index contributed by atoms with van der Waals surface area (Å²) in [5.74, 6) is 0.0884. The number of benzene rings is 2. The number of non-ortho nitro benzene ring substituents is 1. The van der Waals surface area contributed by atoms with Crippen LogP contribution in [0.2, 0.25) is 0 Å². The molecule has 0 atom stereocenters. The van der Waals surface area contributed by atoms with E-state index >= 15 is 0 Å². The fourth-order valence-corrected chi connectivity index (χ4v) is 2.51. The first kappa shape index (κ1) is 21.8. The van der Waals surface area contributed by atoms with Crippen LogP contribution in [-0.4, -0.2) is 30.6 Å². The first-order valence-electron chi connectivity index (χ1n) is 8.70. The molecule has 154 valence electrons. The van der Waals surface area contributed by atoms with Crippen molar-refractivity contribution in [2.24, 2.45) is 0 Å². The zero-order chi connectivity index (χ0) is 21.2. The van der Waals surface area contributed by atoms with Gasteiger partial charge in [-0.25, -0.2) is 0 Å². The van der Waals surface area contributed by atoms with E-state index in [4.69, 9.17) is 4.74 Å². The molecular weight excluding hydrogens is 386 g/mol. The van der Waals surface area contributed by atoms with Crippen LogP contribution < -0.4 is 14.8 Å². The number of nitrogens with zero attached hydrogens (tertiary/aromatic N) is 1. The Morgan fingerprint density at radius 2 is 1.97 bits per heavy atom. The van der Waals surface area contributed by atoms with Gasteiger partial charge in [-0.3, -0.25) is 14.9 Å². The Balaban J connectivity index is 1.81. The molecule has 0 fully saturated rings. The first-order valence-corrected chi connectivity index (χ1v) is 8.70. The summed E-state index contributed by atoms with van der Waals surface area (Å²) >= 11 is 0. The third-order valence-corrected chi connectivity index (χ3v) is 3.86. The van der Waals surface area contributed by atoms with Crippen molar-refractivity contribution >= 4 is 11.6 Å². The minimum atomic E-state index is -2.87. The van der Waals surface area contributed by atoms with Gasteiger partial charge < -0.3 is 14.8 Å². The van der Waals surface area contributed by atoms with E-state index in [1.807, 2.05) is 0 Å². The van der Waals surface area contributed by atoms with E-state index in [9.17, 15) is 23.7 Å². The van der Waals surface area contributed by atoms with Crippen molar-refractivity contribution in [3.8, 4) is 11.5 Å². The molecule has 1 N–H and O–H groups in total. The van der Waals surface area contributed by atoms with Crippen molar-refractivity contribution in [3.63, 3.8) is 0 Å². The van der Waals surface area contributed by atoms with Crippen LogP contribution in [0.25, 0.3) is 0 Å². The predicted octanol–water partition coefficient (Wildman–Crippen LogP) is 3.66. The van der Waals surface area contributed by atoms with Gasteiger partial charge in [0.1, 0.15) is 11.5 Å². The Kier molecular flexibility index (Phi) is 8.08. The number of allylic oxidation sites excluding steroid dienone is 1. The predicted molar refractivity (Wildman–Crippen MR) is 102 cm³/mol. The summed E-state index contributed by atoms with van der Waals surface area (Å²) in [6.45, 7) is 0.817. The number of rotatable bonds is 11. The lowest BCUT2D eigenvalue weighted by Crippen LogP contribution is -2.30. The summed E-state index contributed by atoms with van der Waals surface area (Å²) in [5.41, 5.74) is 1.34. The standard InChI is InChI=1S/C20H20F2N2O5/c1-2-3-15-12-16(24(26)27)6-9-18(15)28-13-19(25)23-11-10-14-4-7-17(8-5-14)29-20(21)22/h2,4-9,12,20H,1,3,10-11,13H2,(H,23,25). The number of carbonyl (C=O) groups is 1. The zero-order valence-corrected chi connectivity index (χ0v) is 15.5. The number of hydrogen-bond donors (Lipinski definition) is 1. The number of nitro groups is 1. The Labute approximate surface area is 166 Å². The van der Waals surface area contributed by atoms with Crippen molar-refractivity contribution in [1.29, 1.82) is 0 Å². The molecule has 0 unspecified atom stereocenters. The fraction of sp³-hybridized carbons (Fsp3) is 0.250. The average molecular weight is 406 g/mol. The molecule has 7 nitrogen and oxygen atoms in total. The number of alkyl halides is 2. The van der Waals surface area contributed by atoms with Crippen molar-refractivity contribution in [1.82, 2.24) is 5.32 Å². The fourth-order valence-electron chi connectivity index (χ4n) is 2.51. The molecule has 0 aliphatic carbocycles. The van der Waals surface area contributed by atoms with Gasteiger partial charge in [0, 0.05) is 24.2 Å². The van der Waals surface area contributed by atoms with E-state index in [1.54, 1.807) is 18.2 Å². The lowest BCUT2D eigenvalue weighted by molar-refractivity contribution is -0.384. The summed E-state index contributed by atoms with van der Waals surface area (Å²) in [6, 6.07) is 10.3. The van der Waals surface area contributed by atoms with Crippen LogP contribution in [-0.2, 0) is 17.6 Å². The molecule has 0 aromatic heterocycles. The summed E-state index contributed by atoms with van der Waals surface area (Å²) < 4.78 is 34.0.